The average molecular weight is 454 g/mol. The lowest BCUT2D eigenvalue weighted by Crippen LogP contribution is -2.49. The molecule has 0 spiro atoms. The van der Waals surface area contributed by atoms with Gasteiger partial charge in [-0.05, 0) is 36.8 Å². The van der Waals surface area contributed by atoms with E-state index in [-0.39, 0.29) is 23.7 Å². The van der Waals surface area contributed by atoms with Crippen molar-refractivity contribution in [3.05, 3.63) is 76.3 Å². The van der Waals surface area contributed by atoms with E-state index in [9.17, 15) is 14.0 Å². The monoisotopic (exact) mass is 453 g/mol. The Morgan fingerprint density at radius 3 is 2.72 bits per heavy atom. The number of rotatable bonds is 5. The fourth-order valence-electron chi connectivity index (χ4n) is 3.79. The highest BCUT2D eigenvalue weighted by Gasteiger charge is 2.30. The molecule has 2 aromatic heterocycles. The summed E-state index contributed by atoms with van der Waals surface area (Å²) in [7, 11) is 0. The highest BCUT2D eigenvalue weighted by Crippen LogP contribution is 2.28. The van der Waals surface area contributed by atoms with E-state index in [2.05, 4.69) is 20.2 Å². The number of nitrogens with one attached hydrogen (secondary N) is 1. The topological polar surface area (TPSA) is 78.4 Å². The summed E-state index contributed by atoms with van der Waals surface area (Å²) in [6.45, 7) is 5.78. The number of anilines is 1. The minimum Gasteiger partial charge on any atom is -0.340 e. The molecule has 2 amide bonds. The molecule has 3 aromatic rings. The molecule has 1 saturated heterocycles. The second-order valence-electron chi connectivity index (χ2n) is 7.77. The molecule has 1 atom stereocenters. The van der Waals surface area contributed by atoms with Crippen molar-refractivity contribution in [3.63, 3.8) is 0 Å². The van der Waals surface area contributed by atoms with Gasteiger partial charge in [0.1, 0.15) is 5.82 Å². The molecule has 1 aromatic carbocycles. The van der Waals surface area contributed by atoms with E-state index in [0.29, 0.717) is 36.9 Å². The fraction of sp³-hybridized carbons (Fsp3) is 0.304. The number of carbonyl (C=O) groups excluding carboxylic acids is 2. The van der Waals surface area contributed by atoms with Crippen LogP contribution in [-0.4, -0.2) is 51.2 Å². The molecule has 0 saturated carbocycles. The SMILES string of the molecule is CC(=O)N1CCN(Cc2ccc(F)cn2)C(c2cccc(C(=O)Nc3ncc(C)s3)c2)C1. The van der Waals surface area contributed by atoms with Crippen molar-refractivity contribution in [2.24, 2.45) is 0 Å². The molecule has 0 bridgehead atoms. The summed E-state index contributed by atoms with van der Waals surface area (Å²) in [5, 5.41) is 3.40. The maximum atomic E-state index is 13.3. The summed E-state index contributed by atoms with van der Waals surface area (Å²) in [5.41, 5.74) is 2.21. The number of piperazine rings is 1. The van der Waals surface area contributed by atoms with Crippen LogP contribution in [0.1, 0.15) is 39.5 Å². The molecule has 1 aliphatic rings. The number of hydrogen-bond donors (Lipinski definition) is 1. The Labute approximate surface area is 189 Å². The van der Waals surface area contributed by atoms with Crippen LogP contribution in [0.3, 0.4) is 0 Å². The zero-order valence-electron chi connectivity index (χ0n) is 17.9. The summed E-state index contributed by atoms with van der Waals surface area (Å²) in [6.07, 6.45) is 2.93. The summed E-state index contributed by atoms with van der Waals surface area (Å²) < 4.78 is 13.3. The van der Waals surface area contributed by atoms with Crippen LogP contribution in [0.4, 0.5) is 9.52 Å². The number of aryl methyl sites for hydroxylation is 1. The first-order valence-corrected chi connectivity index (χ1v) is 11.1. The summed E-state index contributed by atoms with van der Waals surface area (Å²) in [5.74, 6) is -0.587. The molecule has 7 nitrogen and oxygen atoms in total. The molecule has 1 unspecified atom stereocenters. The van der Waals surface area contributed by atoms with E-state index in [0.717, 1.165) is 16.1 Å². The van der Waals surface area contributed by atoms with E-state index >= 15 is 0 Å². The third kappa shape index (κ3) is 5.17. The fourth-order valence-corrected chi connectivity index (χ4v) is 4.45. The predicted molar refractivity (Wildman–Crippen MR) is 121 cm³/mol. The highest BCUT2D eigenvalue weighted by molar-refractivity contribution is 7.15. The molecule has 1 N–H and O–H groups in total. The minimum atomic E-state index is -0.374. The van der Waals surface area contributed by atoms with Gasteiger partial charge in [-0.2, -0.15) is 0 Å². The molecule has 166 valence electrons. The van der Waals surface area contributed by atoms with Crippen LogP contribution in [0.2, 0.25) is 0 Å². The van der Waals surface area contributed by atoms with Crippen LogP contribution in [0.5, 0.6) is 0 Å². The summed E-state index contributed by atoms with van der Waals surface area (Å²) in [4.78, 5) is 38.2. The maximum Gasteiger partial charge on any atom is 0.257 e. The molecule has 3 heterocycles. The third-order valence-electron chi connectivity index (χ3n) is 5.47. The number of thiazole rings is 1. The number of benzene rings is 1. The number of aromatic nitrogens is 2. The van der Waals surface area contributed by atoms with Crippen molar-refractivity contribution in [1.82, 2.24) is 19.8 Å². The van der Waals surface area contributed by atoms with Gasteiger partial charge in [-0.25, -0.2) is 9.37 Å². The van der Waals surface area contributed by atoms with E-state index < -0.39 is 0 Å². The molecular formula is C23H24FN5O2S. The van der Waals surface area contributed by atoms with Gasteiger partial charge < -0.3 is 4.90 Å². The Balaban J connectivity index is 1.57. The van der Waals surface area contributed by atoms with Gasteiger partial charge >= 0.3 is 0 Å². The molecule has 0 radical (unpaired) electrons. The van der Waals surface area contributed by atoms with Gasteiger partial charge in [0.05, 0.1) is 17.9 Å². The van der Waals surface area contributed by atoms with Crippen molar-refractivity contribution < 1.29 is 14.0 Å². The molecule has 0 aliphatic carbocycles. The largest absolute Gasteiger partial charge is 0.340 e. The molecule has 1 aliphatic heterocycles. The van der Waals surface area contributed by atoms with Gasteiger partial charge in [0.25, 0.3) is 5.91 Å². The lowest BCUT2D eigenvalue weighted by Gasteiger charge is -2.41. The van der Waals surface area contributed by atoms with Crippen molar-refractivity contribution in [1.29, 1.82) is 0 Å². The maximum absolute atomic E-state index is 13.3. The van der Waals surface area contributed by atoms with Gasteiger partial charge in [-0.1, -0.05) is 12.1 Å². The first-order chi connectivity index (χ1) is 15.4. The van der Waals surface area contributed by atoms with E-state index in [1.54, 1.807) is 25.3 Å². The quantitative estimate of drug-likeness (QED) is 0.638. The third-order valence-corrected chi connectivity index (χ3v) is 6.29. The number of hydrogen-bond acceptors (Lipinski definition) is 6. The number of carbonyl (C=O) groups is 2. The first-order valence-electron chi connectivity index (χ1n) is 10.3. The van der Waals surface area contributed by atoms with Crippen LogP contribution in [0.15, 0.2) is 48.8 Å². The van der Waals surface area contributed by atoms with Gasteiger partial charge in [0, 0.05) is 49.7 Å². The number of pyridine rings is 1. The van der Waals surface area contributed by atoms with E-state index in [4.69, 9.17) is 0 Å². The van der Waals surface area contributed by atoms with Crippen LogP contribution in [0, 0.1) is 12.7 Å². The zero-order chi connectivity index (χ0) is 22.7. The summed E-state index contributed by atoms with van der Waals surface area (Å²) in [6, 6.07) is 10.4. The van der Waals surface area contributed by atoms with Crippen molar-refractivity contribution in [2.45, 2.75) is 26.4 Å². The molecule has 32 heavy (non-hydrogen) atoms. The lowest BCUT2D eigenvalue weighted by atomic mass is 9.99. The Kier molecular flexibility index (Phi) is 6.57. The van der Waals surface area contributed by atoms with E-state index in [1.807, 2.05) is 30.0 Å². The summed E-state index contributed by atoms with van der Waals surface area (Å²) >= 11 is 1.42. The van der Waals surface area contributed by atoms with Gasteiger partial charge in [-0.15, -0.1) is 11.3 Å². The molecule has 9 heteroatoms. The highest BCUT2D eigenvalue weighted by atomic mass is 32.1. The Bertz CT molecular complexity index is 1120. The van der Waals surface area contributed by atoms with Crippen molar-refractivity contribution >= 4 is 28.3 Å². The zero-order valence-corrected chi connectivity index (χ0v) is 18.7. The minimum absolute atomic E-state index is 0.0163. The second-order valence-corrected chi connectivity index (χ2v) is 9.01. The molecule has 1 fully saturated rings. The van der Waals surface area contributed by atoms with Gasteiger partial charge in [-0.3, -0.25) is 24.8 Å². The van der Waals surface area contributed by atoms with Crippen molar-refractivity contribution in [2.75, 3.05) is 25.0 Å². The van der Waals surface area contributed by atoms with Gasteiger partial charge in [0.2, 0.25) is 5.91 Å². The van der Waals surface area contributed by atoms with Crippen LogP contribution >= 0.6 is 11.3 Å². The molecular weight excluding hydrogens is 429 g/mol. The first kappa shape index (κ1) is 22.0. The standard InChI is InChI=1S/C23H24FN5O2S/c1-15-11-26-23(32-15)27-22(31)18-5-3-4-17(10-18)21-14-28(16(2)30)8-9-29(21)13-20-7-6-19(24)12-25-20/h3-7,10-12,21H,8-9,13-14H2,1-2H3,(H,26,27,31). The van der Waals surface area contributed by atoms with E-state index in [1.165, 1.54) is 23.6 Å². The Morgan fingerprint density at radius 1 is 1.19 bits per heavy atom. The normalized spacial score (nSPS) is 16.7. The smallest absolute Gasteiger partial charge is 0.257 e. The van der Waals surface area contributed by atoms with Crippen LogP contribution in [0.25, 0.3) is 0 Å². The molecule has 4 rings (SSSR count). The predicted octanol–water partition coefficient (Wildman–Crippen LogP) is 3.64. The van der Waals surface area contributed by atoms with Gasteiger partial charge in [0.15, 0.2) is 5.13 Å². The number of halogens is 1. The Hall–Kier alpha value is -3.17. The average Bonchev–Trinajstić information content (AvgIpc) is 3.20. The second kappa shape index (κ2) is 9.54. The van der Waals surface area contributed by atoms with Crippen LogP contribution < -0.4 is 5.32 Å². The van der Waals surface area contributed by atoms with Crippen LogP contribution in [-0.2, 0) is 11.3 Å². The van der Waals surface area contributed by atoms with Crippen molar-refractivity contribution in [3.8, 4) is 0 Å². The number of amides is 2. The lowest BCUT2D eigenvalue weighted by molar-refractivity contribution is -0.132. The number of nitrogens with zero attached hydrogens (tertiary/aromatic N) is 4. The Morgan fingerprint density at radius 2 is 2.03 bits per heavy atom.